The fourth-order valence-corrected chi connectivity index (χ4v) is 2.67. The quantitative estimate of drug-likeness (QED) is 0.919. The smallest absolute Gasteiger partial charge is 0.266 e. The average molecular weight is 335 g/mol. The molecule has 1 N–H and O–H groups in total. The zero-order valence-corrected chi connectivity index (χ0v) is 13.0. The van der Waals surface area contributed by atoms with Crippen LogP contribution < -0.4 is 10.3 Å². The topological polar surface area (TPSA) is 88.2 Å². The summed E-state index contributed by atoms with van der Waals surface area (Å²) in [6.45, 7) is 1.09. The van der Waals surface area contributed by atoms with Gasteiger partial charge in [0, 0.05) is 25.1 Å². The minimum absolute atomic E-state index is 0.000203. The molecule has 0 aromatic carbocycles. The number of aromatic amines is 1. The van der Waals surface area contributed by atoms with Gasteiger partial charge in [-0.2, -0.15) is 0 Å². The summed E-state index contributed by atoms with van der Waals surface area (Å²) in [5.41, 5.74) is -0.0551. The number of likely N-dealkylation sites (tertiary alicyclic amines) is 1. The number of nitrogens with zero attached hydrogens (tertiary/aromatic N) is 3. The molecule has 2 aromatic rings. The van der Waals surface area contributed by atoms with E-state index in [1.807, 2.05) is 0 Å². The molecule has 1 aliphatic rings. The Morgan fingerprint density at radius 1 is 1.43 bits per heavy atom. The molecule has 3 rings (SSSR count). The fourth-order valence-electron chi connectivity index (χ4n) is 2.50. The molecular formula is C15H15ClN4O3. The van der Waals surface area contributed by atoms with Crippen LogP contribution in [0.3, 0.4) is 0 Å². The van der Waals surface area contributed by atoms with Gasteiger partial charge in [0.25, 0.3) is 11.5 Å². The van der Waals surface area contributed by atoms with E-state index < -0.39 is 5.56 Å². The molecule has 1 saturated heterocycles. The Morgan fingerprint density at radius 2 is 2.30 bits per heavy atom. The lowest BCUT2D eigenvalue weighted by atomic mass is 10.1. The fraction of sp³-hybridized carbons (Fsp3) is 0.333. The largest absolute Gasteiger partial charge is 0.471 e. The van der Waals surface area contributed by atoms with Gasteiger partial charge in [-0.3, -0.25) is 14.6 Å². The molecule has 2 aromatic heterocycles. The predicted octanol–water partition coefficient (Wildman–Crippen LogP) is 1.50. The first-order valence-electron chi connectivity index (χ1n) is 7.23. The molecule has 0 aliphatic carbocycles. The lowest BCUT2D eigenvalue weighted by Crippen LogP contribution is -2.44. The third-order valence-corrected chi connectivity index (χ3v) is 3.88. The number of carbonyl (C=O) groups excluding carboxylic acids is 1. The molecule has 3 heterocycles. The van der Waals surface area contributed by atoms with Crippen molar-refractivity contribution < 1.29 is 9.53 Å². The molecule has 120 valence electrons. The first kappa shape index (κ1) is 15.5. The molecule has 23 heavy (non-hydrogen) atoms. The van der Waals surface area contributed by atoms with Crippen molar-refractivity contribution in [3.05, 3.63) is 51.8 Å². The van der Waals surface area contributed by atoms with Crippen LogP contribution in [-0.4, -0.2) is 45.0 Å². The summed E-state index contributed by atoms with van der Waals surface area (Å²) in [4.78, 5) is 36.0. The summed E-state index contributed by atoms with van der Waals surface area (Å²) in [6.07, 6.45) is 7.59. The maximum absolute atomic E-state index is 12.5. The van der Waals surface area contributed by atoms with Gasteiger partial charge in [-0.05, 0) is 18.9 Å². The highest BCUT2D eigenvalue weighted by atomic mass is 35.5. The van der Waals surface area contributed by atoms with Crippen LogP contribution in [0.5, 0.6) is 5.88 Å². The summed E-state index contributed by atoms with van der Waals surface area (Å²) in [6, 6.07) is 1.38. The summed E-state index contributed by atoms with van der Waals surface area (Å²) >= 11 is 5.78. The zero-order valence-electron chi connectivity index (χ0n) is 12.2. The van der Waals surface area contributed by atoms with E-state index >= 15 is 0 Å². The van der Waals surface area contributed by atoms with Gasteiger partial charge >= 0.3 is 0 Å². The monoisotopic (exact) mass is 334 g/mol. The van der Waals surface area contributed by atoms with E-state index in [1.165, 1.54) is 12.3 Å². The van der Waals surface area contributed by atoms with Crippen LogP contribution >= 0.6 is 11.6 Å². The Balaban J connectivity index is 1.69. The highest BCUT2D eigenvalue weighted by molar-refractivity contribution is 6.30. The molecule has 1 atom stereocenters. The van der Waals surface area contributed by atoms with E-state index in [0.29, 0.717) is 24.5 Å². The maximum atomic E-state index is 12.5. The molecule has 0 bridgehead atoms. The Bertz CT molecular complexity index is 750. The molecule has 7 nitrogen and oxygen atoms in total. The van der Waals surface area contributed by atoms with E-state index in [0.717, 1.165) is 12.8 Å². The first-order valence-corrected chi connectivity index (χ1v) is 7.61. The number of rotatable bonds is 3. The summed E-state index contributed by atoms with van der Waals surface area (Å²) in [5, 5.41) is 0.000203. The number of amides is 1. The highest BCUT2D eigenvalue weighted by Gasteiger charge is 2.26. The van der Waals surface area contributed by atoms with Crippen LogP contribution in [0, 0.1) is 0 Å². The average Bonchev–Trinajstić information content (AvgIpc) is 2.58. The van der Waals surface area contributed by atoms with Gasteiger partial charge in [0.15, 0.2) is 0 Å². The number of pyridine rings is 1. The predicted molar refractivity (Wildman–Crippen MR) is 83.7 cm³/mol. The lowest BCUT2D eigenvalue weighted by molar-refractivity contribution is 0.0526. The van der Waals surface area contributed by atoms with E-state index in [9.17, 15) is 9.59 Å². The van der Waals surface area contributed by atoms with Crippen molar-refractivity contribution in [3.8, 4) is 5.88 Å². The van der Waals surface area contributed by atoms with E-state index in [-0.39, 0.29) is 17.0 Å². The van der Waals surface area contributed by atoms with Crippen molar-refractivity contribution in [3.63, 3.8) is 0 Å². The zero-order chi connectivity index (χ0) is 16.2. The number of carbonyl (C=O) groups is 1. The second-order valence-electron chi connectivity index (χ2n) is 5.24. The van der Waals surface area contributed by atoms with Crippen molar-refractivity contribution in [2.45, 2.75) is 18.9 Å². The van der Waals surface area contributed by atoms with Crippen molar-refractivity contribution in [1.82, 2.24) is 19.9 Å². The number of nitrogens with one attached hydrogen (secondary N) is 1. The number of aromatic nitrogens is 3. The second-order valence-corrected chi connectivity index (χ2v) is 5.65. The SMILES string of the molecule is O=C(c1c[nH]c(=O)c(Cl)c1)N1CCC[C@H](Oc2cnccn2)C1. The second kappa shape index (κ2) is 6.78. The minimum atomic E-state index is -0.411. The summed E-state index contributed by atoms with van der Waals surface area (Å²) in [7, 11) is 0. The number of ether oxygens (including phenoxy) is 1. The highest BCUT2D eigenvalue weighted by Crippen LogP contribution is 2.18. The molecule has 0 unspecified atom stereocenters. The van der Waals surface area contributed by atoms with Gasteiger partial charge in [-0.15, -0.1) is 0 Å². The molecule has 0 spiro atoms. The van der Waals surface area contributed by atoms with Crippen LogP contribution in [-0.2, 0) is 0 Å². The minimum Gasteiger partial charge on any atom is -0.471 e. The van der Waals surface area contributed by atoms with Crippen molar-refractivity contribution in [2.75, 3.05) is 13.1 Å². The van der Waals surface area contributed by atoms with Crippen LogP contribution in [0.15, 0.2) is 35.6 Å². The summed E-state index contributed by atoms with van der Waals surface area (Å²) in [5.74, 6) is 0.259. The van der Waals surface area contributed by atoms with E-state index in [2.05, 4.69) is 15.0 Å². The number of hydrogen-bond acceptors (Lipinski definition) is 5. The molecule has 0 saturated carbocycles. The first-order chi connectivity index (χ1) is 11.1. The molecule has 1 fully saturated rings. The van der Waals surface area contributed by atoms with Gasteiger partial charge in [0.2, 0.25) is 5.88 Å². The third-order valence-electron chi connectivity index (χ3n) is 3.60. The van der Waals surface area contributed by atoms with Gasteiger partial charge < -0.3 is 14.6 Å². The Hall–Kier alpha value is -2.41. The number of halogens is 1. The molecule has 1 aliphatic heterocycles. The van der Waals surface area contributed by atoms with E-state index in [4.69, 9.17) is 16.3 Å². The van der Waals surface area contributed by atoms with Crippen molar-refractivity contribution in [1.29, 1.82) is 0 Å². The number of piperidine rings is 1. The van der Waals surface area contributed by atoms with Gasteiger partial charge in [0.1, 0.15) is 11.1 Å². The number of hydrogen-bond donors (Lipinski definition) is 1. The Kier molecular flexibility index (Phi) is 4.57. The van der Waals surface area contributed by atoms with Crippen molar-refractivity contribution >= 4 is 17.5 Å². The van der Waals surface area contributed by atoms with Crippen molar-refractivity contribution in [2.24, 2.45) is 0 Å². The normalized spacial score (nSPS) is 17.8. The van der Waals surface area contributed by atoms with Crippen LogP contribution in [0.25, 0.3) is 0 Å². The van der Waals surface area contributed by atoms with Crippen LogP contribution in [0.4, 0.5) is 0 Å². The van der Waals surface area contributed by atoms with Gasteiger partial charge in [-0.25, -0.2) is 4.98 Å². The standard InChI is InChI=1S/C15H15ClN4O3/c16-12-6-10(7-19-14(12)21)15(22)20-5-1-2-11(9-20)23-13-8-17-3-4-18-13/h3-4,6-8,11H,1-2,5,9H2,(H,19,21)/t11-/m0/s1. The van der Waals surface area contributed by atoms with Gasteiger partial charge in [0.05, 0.1) is 18.3 Å². The van der Waals surface area contributed by atoms with E-state index in [1.54, 1.807) is 23.5 Å². The Labute approximate surface area is 137 Å². The third kappa shape index (κ3) is 3.68. The number of H-pyrrole nitrogens is 1. The van der Waals surface area contributed by atoms with Crippen LogP contribution in [0.2, 0.25) is 5.02 Å². The molecular weight excluding hydrogens is 320 g/mol. The Morgan fingerprint density at radius 3 is 3.04 bits per heavy atom. The molecule has 8 heteroatoms. The maximum Gasteiger partial charge on any atom is 0.266 e. The van der Waals surface area contributed by atoms with Crippen LogP contribution in [0.1, 0.15) is 23.2 Å². The van der Waals surface area contributed by atoms with Gasteiger partial charge in [-0.1, -0.05) is 11.6 Å². The molecule has 0 radical (unpaired) electrons. The summed E-state index contributed by atoms with van der Waals surface area (Å²) < 4.78 is 5.76. The molecule has 1 amide bonds. The lowest BCUT2D eigenvalue weighted by Gasteiger charge is -2.32.